The Morgan fingerprint density at radius 2 is 2.08 bits per heavy atom. The van der Waals surface area contributed by atoms with Crippen LogP contribution < -0.4 is 5.32 Å². The number of carbonyl (C=O) groups excluding carboxylic acids is 1. The number of carbonyl (C=O) groups is 1. The predicted octanol–water partition coefficient (Wildman–Crippen LogP) is 4.09. The standard InChI is InChI=1S/C22H29NO2/c1-15-7-6-10-22(2)12-20-17(11-19(15)22)18(21(24)25-20)14-23-13-16-8-4-3-5-9-16/h3-5,8-9,11,15,17-18,20,23H,6-7,10,12-14H2,1-2H3/t15-,17+,18-,20-,22+/m1/s1. The molecule has 0 spiro atoms. The molecule has 1 aliphatic heterocycles. The Morgan fingerprint density at radius 3 is 2.88 bits per heavy atom. The van der Waals surface area contributed by atoms with Crippen LogP contribution in [0.1, 0.15) is 45.1 Å². The van der Waals surface area contributed by atoms with E-state index in [2.05, 4.69) is 37.4 Å². The fourth-order valence-corrected chi connectivity index (χ4v) is 5.25. The summed E-state index contributed by atoms with van der Waals surface area (Å²) >= 11 is 0. The number of allylic oxidation sites excluding steroid dienone is 1. The van der Waals surface area contributed by atoms with Crippen LogP contribution in [0, 0.1) is 23.2 Å². The number of esters is 1. The van der Waals surface area contributed by atoms with Crippen molar-refractivity contribution in [3.05, 3.63) is 47.5 Å². The molecule has 0 bridgehead atoms. The van der Waals surface area contributed by atoms with Crippen molar-refractivity contribution < 1.29 is 9.53 Å². The fourth-order valence-electron chi connectivity index (χ4n) is 5.25. The number of fused-ring (bicyclic) bond motifs is 2. The Hall–Kier alpha value is -1.61. The number of nitrogens with one attached hydrogen (secondary N) is 1. The van der Waals surface area contributed by atoms with Gasteiger partial charge in [0, 0.05) is 19.0 Å². The Kier molecular flexibility index (Phi) is 4.45. The van der Waals surface area contributed by atoms with E-state index >= 15 is 0 Å². The summed E-state index contributed by atoms with van der Waals surface area (Å²) in [5.74, 6) is 0.843. The second-order valence-corrected chi connectivity index (χ2v) is 8.46. The summed E-state index contributed by atoms with van der Waals surface area (Å²) in [7, 11) is 0. The van der Waals surface area contributed by atoms with Crippen molar-refractivity contribution in [1.29, 1.82) is 0 Å². The third-order valence-corrected chi connectivity index (χ3v) is 6.62. The molecule has 2 fully saturated rings. The summed E-state index contributed by atoms with van der Waals surface area (Å²) in [5.41, 5.74) is 3.08. The van der Waals surface area contributed by atoms with E-state index in [0.29, 0.717) is 12.5 Å². The minimum absolute atomic E-state index is 0.0117. The summed E-state index contributed by atoms with van der Waals surface area (Å²) in [4.78, 5) is 12.5. The van der Waals surface area contributed by atoms with E-state index < -0.39 is 0 Å². The highest BCUT2D eigenvalue weighted by Gasteiger charge is 2.51. The molecule has 1 saturated heterocycles. The normalized spacial score (nSPS) is 37.0. The van der Waals surface area contributed by atoms with Crippen molar-refractivity contribution in [2.24, 2.45) is 23.2 Å². The molecule has 134 valence electrons. The average molecular weight is 339 g/mol. The van der Waals surface area contributed by atoms with Gasteiger partial charge in [0.05, 0.1) is 5.92 Å². The van der Waals surface area contributed by atoms with Crippen LogP contribution in [-0.4, -0.2) is 18.6 Å². The maximum absolute atomic E-state index is 12.5. The van der Waals surface area contributed by atoms with E-state index in [1.807, 2.05) is 18.2 Å². The second-order valence-electron chi connectivity index (χ2n) is 8.46. The molecule has 1 saturated carbocycles. The van der Waals surface area contributed by atoms with Crippen LogP contribution in [0.2, 0.25) is 0 Å². The third kappa shape index (κ3) is 3.15. The largest absolute Gasteiger partial charge is 0.461 e. The Bertz CT molecular complexity index is 668. The minimum Gasteiger partial charge on any atom is -0.461 e. The SMILES string of the molecule is C[C@@H]1CCC[C@@]2(C)C[C@H]3OC(=O)[C@H](CNCc4ccccc4)[C@@H]3C=C12. The van der Waals surface area contributed by atoms with Crippen molar-refractivity contribution in [1.82, 2.24) is 5.32 Å². The van der Waals surface area contributed by atoms with Gasteiger partial charge >= 0.3 is 5.97 Å². The second kappa shape index (κ2) is 6.60. The van der Waals surface area contributed by atoms with Crippen molar-refractivity contribution in [3.63, 3.8) is 0 Å². The summed E-state index contributed by atoms with van der Waals surface area (Å²) in [5, 5.41) is 3.47. The van der Waals surface area contributed by atoms with Crippen LogP contribution in [0.5, 0.6) is 0 Å². The molecule has 3 nitrogen and oxygen atoms in total. The van der Waals surface area contributed by atoms with Crippen LogP contribution in [0.4, 0.5) is 0 Å². The first-order valence-electron chi connectivity index (χ1n) is 9.74. The molecule has 0 unspecified atom stereocenters. The minimum atomic E-state index is -0.0418. The van der Waals surface area contributed by atoms with Crippen LogP contribution in [-0.2, 0) is 16.1 Å². The first kappa shape index (κ1) is 16.8. The van der Waals surface area contributed by atoms with E-state index in [0.717, 1.165) is 13.0 Å². The Labute approximate surface area is 150 Å². The third-order valence-electron chi connectivity index (χ3n) is 6.62. The lowest BCUT2D eigenvalue weighted by Gasteiger charge is -2.46. The highest BCUT2D eigenvalue weighted by Crippen LogP contribution is 2.53. The lowest BCUT2D eigenvalue weighted by Crippen LogP contribution is -2.40. The van der Waals surface area contributed by atoms with Crippen molar-refractivity contribution in [2.45, 2.75) is 52.2 Å². The van der Waals surface area contributed by atoms with Crippen molar-refractivity contribution in [2.75, 3.05) is 6.54 Å². The molecule has 3 aliphatic rings. The van der Waals surface area contributed by atoms with E-state index in [1.54, 1.807) is 5.57 Å². The van der Waals surface area contributed by atoms with Gasteiger partial charge in [-0.1, -0.05) is 62.2 Å². The number of rotatable bonds is 4. The van der Waals surface area contributed by atoms with Gasteiger partial charge in [0.25, 0.3) is 0 Å². The maximum Gasteiger partial charge on any atom is 0.311 e. The van der Waals surface area contributed by atoms with Gasteiger partial charge in [-0.2, -0.15) is 0 Å². The van der Waals surface area contributed by atoms with Crippen LogP contribution in [0.25, 0.3) is 0 Å². The van der Waals surface area contributed by atoms with E-state index in [-0.39, 0.29) is 29.3 Å². The topological polar surface area (TPSA) is 38.3 Å². The number of hydrogen-bond acceptors (Lipinski definition) is 3. The van der Waals surface area contributed by atoms with E-state index in [1.165, 1.54) is 24.8 Å². The molecule has 1 aromatic rings. The van der Waals surface area contributed by atoms with Gasteiger partial charge in [-0.25, -0.2) is 0 Å². The quantitative estimate of drug-likeness (QED) is 0.663. The molecular weight excluding hydrogens is 310 g/mol. The predicted molar refractivity (Wildman–Crippen MR) is 98.8 cm³/mol. The molecule has 1 aromatic carbocycles. The Morgan fingerprint density at radius 1 is 1.28 bits per heavy atom. The van der Waals surface area contributed by atoms with Crippen molar-refractivity contribution in [3.8, 4) is 0 Å². The van der Waals surface area contributed by atoms with Gasteiger partial charge in [0.2, 0.25) is 0 Å². The Balaban J connectivity index is 1.47. The molecule has 1 heterocycles. The van der Waals surface area contributed by atoms with E-state index in [4.69, 9.17) is 4.74 Å². The van der Waals surface area contributed by atoms with Crippen LogP contribution >= 0.6 is 0 Å². The number of hydrogen-bond donors (Lipinski definition) is 1. The number of ether oxygens (including phenoxy) is 1. The summed E-state index contributed by atoms with van der Waals surface area (Å²) in [6.07, 6.45) is 7.33. The summed E-state index contributed by atoms with van der Waals surface area (Å²) in [6.45, 7) is 6.22. The first-order chi connectivity index (χ1) is 12.1. The molecule has 4 rings (SSSR count). The van der Waals surface area contributed by atoms with Gasteiger partial charge in [-0.15, -0.1) is 0 Å². The lowest BCUT2D eigenvalue weighted by atomic mass is 9.59. The monoisotopic (exact) mass is 339 g/mol. The molecule has 1 N–H and O–H groups in total. The van der Waals surface area contributed by atoms with Gasteiger partial charge in [0.1, 0.15) is 6.10 Å². The van der Waals surface area contributed by atoms with Gasteiger partial charge in [-0.3, -0.25) is 4.79 Å². The molecule has 0 aromatic heterocycles. The van der Waals surface area contributed by atoms with Crippen LogP contribution in [0.3, 0.4) is 0 Å². The zero-order valence-corrected chi connectivity index (χ0v) is 15.3. The van der Waals surface area contributed by atoms with Gasteiger partial charge in [0.15, 0.2) is 0 Å². The molecule has 0 amide bonds. The van der Waals surface area contributed by atoms with Gasteiger partial charge in [-0.05, 0) is 36.2 Å². The summed E-state index contributed by atoms with van der Waals surface area (Å²) in [6, 6.07) is 10.3. The average Bonchev–Trinajstić information content (AvgIpc) is 2.88. The molecule has 5 atom stereocenters. The highest BCUT2D eigenvalue weighted by molar-refractivity contribution is 5.76. The molecule has 25 heavy (non-hydrogen) atoms. The molecule has 3 heteroatoms. The first-order valence-corrected chi connectivity index (χ1v) is 9.74. The lowest BCUT2D eigenvalue weighted by molar-refractivity contribution is -0.145. The fraction of sp³-hybridized carbons (Fsp3) is 0.591. The zero-order valence-electron chi connectivity index (χ0n) is 15.3. The zero-order chi connectivity index (χ0) is 17.4. The molecule has 0 radical (unpaired) electrons. The van der Waals surface area contributed by atoms with Crippen molar-refractivity contribution >= 4 is 5.97 Å². The highest BCUT2D eigenvalue weighted by atomic mass is 16.6. The van der Waals surface area contributed by atoms with E-state index in [9.17, 15) is 4.79 Å². The van der Waals surface area contributed by atoms with Gasteiger partial charge < -0.3 is 10.1 Å². The maximum atomic E-state index is 12.5. The molecular formula is C22H29NO2. The number of benzene rings is 1. The summed E-state index contributed by atoms with van der Waals surface area (Å²) < 4.78 is 5.81. The smallest absolute Gasteiger partial charge is 0.311 e. The molecule has 2 aliphatic carbocycles. The van der Waals surface area contributed by atoms with Crippen LogP contribution in [0.15, 0.2) is 42.0 Å².